The number of rotatable bonds is 7. The summed E-state index contributed by atoms with van der Waals surface area (Å²) >= 11 is 0. The van der Waals surface area contributed by atoms with Gasteiger partial charge in [0, 0.05) is 12.5 Å². The average Bonchev–Trinajstić information content (AvgIpc) is 3.20. The number of aromatic nitrogens is 2. The molecule has 1 aliphatic heterocycles. The monoisotopic (exact) mass is 456 g/mol. The molecule has 1 aromatic carbocycles. The topological polar surface area (TPSA) is 86.6 Å². The summed E-state index contributed by atoms with van der Waals surface area (Å²) in [6, 6.07) is 0.364. The second-order valence-corrected chi connectivity index (χ2v) is 7.58. The van der Waals surface area contributed by atoms with Gasteiger partial charge < -0.3 is 24.8 Å². The highest BCUT2D eigenvalue weighted by Crippen LogP contribution is 2.47. The van der Waals surface area contributed by atoms with E-state index in [1.807, 2.05) is 13.8 Å². The Morgan fingerprint density at radius 3 is 2.38 bits per heavy atom. The van der Waals surface area contributed by atoms with Crippen molar-refractivity contribution in [3.05, 3.63) is 29.5 Å². The molecule has 176 valence electrons. The Bertz CT molecular complexity index is 951. The summed E-state index contributed by atoms with van der Waals surface area (Å²) in [5, 5.41) is 9.72. The summed E-state index contributed by atoms with van der Waals surface area (Å²) < 4.78 is 58.6. The number of nitrogens with one attached hydrogen (secondary N) is 2. The molecule has 2 N–H and O–H groups in total. The lowest BCUT2D eigenvalue weighted by Gasteiger charge is -2.34. The maximum atomic E-state index is 13.9. The number of halogens is 3. The first kappa shape index (κ1) is 23.6. The predicted octanol–water partition coefficient (Wildman–Crippen LogP) is 4.10. The quantitative estimate of drug-likeness (QED) is 0.653. The van der Waals surface area contributed by atoms with E-state index in [1.54, 1.807) is 12.1 Å². The van der Waals surface area contributed by atoms with E-state index in [2.05, 4.69) is 15.7 Å². The highest BCUT2D eigenvalue weighted by atomic mass is 19.4. The van der Waals surface area contributed by atoms with Crippen LogP contribution >= 0.6 is 0 Å². The maximum absolute atomic E-state index is 13.9. The zero-order valence-corrected chi connectivity index (χ0v) is 18.5. The molecule has 11 heteroatoms. The van der Waals surface area contributed by atoms with E-state index < -0.39 is 24.2 Å². The number of benzene rings is 1. The van der Waals surface area contributed by atoms with Crippen molar-refractivity contribution in [3.63, 3.8) is 0 Å². The second kappa shape index (κ2) is 9.17. The van der Waals surface area contributed by atoms with Crippen LogP contribution in [0.4, 0.5) is 19.0 Å². The molecule has 8 nitrogen and oxygen atoms in total. The van der Waals surface area contributed by atoms with E-state index in [1.165, 1.54) is 21.3 Å². The van der Waals surface area contributed by atoms with E-state index >= 15 is 0 Å². The average molecular weight is 456 g/mol. The second-order valence-electron chi connectivity index (χ2n) is 7.58. The number of ether oxygens (including phenoxy) is 3. The third kappa shape index (κ3) is 4.42. The van der Waals surface area contributed by atoms with Crippen LogP contribution in [-0.2, 0) is 0 Å². The van der Waals surface area contributed by atoms with Crippen LogP contribution in [0.25, 0.3) is 0 Å². The smallest absolute Gasteiger partial charge is 0.410 e. The van der Waals surface area contributed by atoms with Gasteiger partial charge in [0.15, 0.2) is 17.5 Å². The molecule has 32 heavy (non-hydrogen) atoms. The number of carbonyl (C=O) groups is 1. The molecule has 0 spiro atoms. The lowest BCUT2D eigenvalue weighted by Crippen LogP contribution is -2.37. The molecule has 1 aromatic heterocycles. The van der Waals surface area contributed by atoms with Gasteiger partial charge in [0.25, 0.3) is 5.91 Å². The van der Waals surface area contributed by atoms with E-state index in [0.29, 0.717) is 29.2 Å². The molecular formula is C21H27F3N4O4. The number of nitrogens with zero attached hydrogens (tertiary/aromatic N) is 2. The summed E-state index contributed by atoms with van der Waals surface area (Å²) in [5.41, 5.74) is 0.547. The molecule has 3 atom stereocenters. The Hall–Kier alpha value is -3.11. The molecule has 1 amide bonds. The SMILES string of the molecule is CC[C@H](C)NC(=O)c1cnn2c1N[C@@H](c1cc(OC)c(OC)c(OC)c1)C[C@H]2C(F)(F)F. The molecule has 2 heterocycles. The molecule has 0 bridgehead atoms. The van der Waals surface area contributed by atoms with Gasteiger partial charge in [0.1, 0.15) is 11.4 Å². The Labute approximate surface area is 184 Å². The van der Waals surface area contributed by atoms with Crippen molar-refractivity contribution >= 4 is 11.7 Å². The van der Waals surface area contributed by atoms with Crippen molar-refractivity contribution < 1.29 is 32.2 Å². The van der Waals surface area contributed by atoms with Crippen molar-refractivity contribution in [1.82, 2.24) is 15.1 Å². The summed E-state index contributed by atoms with van der Waals surface area (Å²) in [6.45, 7) is 3.72. The molecule has 1 aliphatic rings. The van der Waals surface area contributed by atoms with E-state index in [-0.39, 0.29) is 23.8 Å². The first-order valence-electron chi connectivity index (χ1n) is 10.2. The Balaban J connectivity index is 2.06. The van der Waals surface area contributed by atoms with Gasteiger partial charge in [0.2, 0.25) is 5.75 Å². The minimum Gasteiger partial charge on any atom is -0.493 e. The van der Waals surface area contributed by atoms with Crippen LogP contribution in [0.2, 0.25) is 0 Å². The van der Waals surface area contributed by atoms with Crippen molar-refractivity contribution in [3.8, 4) is 17.2 Å². The van der Waals surface area contributed by atoms with Crippen molar-refractivity contribution in [2.24, 2.45) is 0 Å². The van der Waals surface area contributed by atoms with Gasteiger partial charge in [-0.1, -0.05) is 6.92 Å². The number of fused-ring (bicyclic) bond motifs is 1. The van der Waals surface area contributed by atoms with Crippen LogP contribution in [0.1, 0.15) is 54.7 Å². The van der Waals surface area contributed by atoms with Crippen LogP contribution < -0.4 is 24.8 Å². The van der Waals surface area contributed by atoms with Gasteiger partial charge in [-0.3, -0.25) is 4.79 Å². The fourth-order valence-corrected chi connectivity index (χ4v) is 3.65. The molecule has 0 unspecified atom stereocenters. The molecule has 0 saturated carbocycles. The normalized spacial score (nSPS) is 18.9. The molecule has 0 aliphatic carbocycles. The zero-order chi connectivity index (χ0) is 23.6. The van der Waals surface area contributed by atoms with Crippen molar-refractivity contribution in [2.75, 3.05) is 26.6 Å². The molecule has 0 saturated heterocycles. The maximum Gasteiger partial charge on any atom is 0.410 e. The van der Waals surface area contributed by atoms with Crippen molar-refractivity contribution in [2.45, 2.75) is 51.0 Å². The van der Waals surface area contributed by atoms with Gasteiger partial charge in [-0.25, -0.2) is 4.68 Å². The number of hydrogen-bond donors (Lipinski definition) is 2. The fourth-order valence-electron chi connectivity index (χ4n) is 3.65. The molecular weight excluding hydrogens is 429 g/mol. The summed E-state index contributed by atoms with van der Waals surface area (Å²) in [6.07, 6.45) is -3.05. The number of amides is 1. The van der Waals surface area contributed by atoms with Gasteiger partial charge in [-0.15, -0.1) is 0 Å². The lowest BCUT2D eigenvalue weighted by atomic mass is 9.95. The van der Waals surface area contributed by atoms with E-state index in [9.17, 15) is 18.0 Å². The molecule has 0 fully saturated rings. The Kier molecular flexibility index (Phi) is 6.75. The highest BCUT2D eigenvalue weighted by molar-refractivity contribution is 5.99. The standard InChI is InChI=1S/C21H27F3N4O4/c1-6-11(2)26-20(29)13-10-25-28-17(21(22,23)24)9-14(27-19(13)28)12-7-15(30-3)18(32-5)16(8-12)31-4/h7-8,10-11,14,17,27H,6,9H2,1-5H3,(H,26,29)/t11-,14+,17-/m0/s1. The number of carbonyl (C=O) groups excluding carboxylic acids is 1. The third-order valence-corrected chi connectivity index (χ3v) is 5.56. The number of alkyl halides is 3. The Morgan fingerprint density at radius 1 is 1.25 bits per heavy atom. The van der Waals surface area contributed by atoms with Crippen LogP contribution in [0.15, 0.2) is 18.3 Å². The first-order chi connectivity index (χ1) is 15.1. The Morgan fingerprint density at radius 2 is 1.88 bits per heavy atom. The van der Waals surface area contributed by atoms with Gasteiger partial charge >= 0.3 is 6.18 Å². The molecule has 3 rings (SSSR count). The van der Waals surface area contributed by atoms with Crippen LogP contribution in [0.5, 0.6) is 17.2 Å². The van der Waals surface area contributed by atoms with Crippen LogP contribution in [0, 0.1) is 0 Å². The number of hydrogen-bond acceptors (Lipinski definition) is 6. The van der Waals surface area contributed by atoms with Crippen LogP contribution in [-0.4, -0.2) is 49.2 Å². The van der Waals surface area contributed by atoms with Gasteiger partial charge in [-0.2, -0.15) is 18.3 Å². The van der Waals surface area contributed by atoms with E-state index in [4.69, 9.17) is 14.2 Å². The molecule has 0 radical (unpaired) electrons. The van der Waals surface area contributed by atoms with Crippen molar-refractivity contribution in [1.29, 1.82) is 0 Å². The number of anilines is 1. The largest absolute Gasteiger partial charge is 0.493 e. The van der Waals surface area contributed by atoms with Gasteiger partial charge in [-0.05, 0) is 31.0 Å². The first-order valence-corrected chi connectivity index (χ1v) is 10.2. The molecule has 2 aromatic rings. The summed E-state index contributed by atoms with van der Waals surface area (Å²) in [4.78, 5) is 12.7. The summed E-state index contributed by atoms with van der Waals surface area (Å²) in [5.74, 6) is 0.500. The highest BCUT2D eigenvalue weighted by Gasteiger charge is 2.47. The van der Waals surface area contributed by atoms with Gasteiger partial charge in [0.05, 0.1) is 33.6 Å². The predicted molar refractivity (Wildman–Crippen MR) is 112 cm³/mol. The fraction of sp³-hybridized carbons (Fsp3) is 0.524. The third-order valence-electron chi connectivity index (χ3n) is 5.56. The lowest BCUT2D eigenvalue weighted by molar-refractivity contribution is -0.173. The number of methoxy groups -OCH3 is 3. The zero-order valence-electron chi connectivity index (χ0n) is 18.5. The van der Waals surface area contributed by atoms with Crippen LogP contribution in [0.3, 0.4) is 0 Å². The summed E-state index contributed by atoms with van der Waals surface area (Å²) in [7, 11) is 4.31. The minimum atomic E-state index is -4.56. The minimum absolute atomic E-state index is 0.0122. The van der Waals surface area contributed by atoms with E-state index in [0.717, 1.165) is 10.9 Å².